The molecule has 166 valence electrons. The van der Waals surface area contributed by atoms with Gasteiger partial charge in [0.05, 0.1) is 26.7 Å². The van der Waals surface area contributed by atoms with Gasteiger partial charge in [-0.25, -0.2) is 0 Å². The first-order chi connectivity index (χ1) is 15.1. The fourth-order valence-corrected chi connectivity index (χ4v) is 3.26. The molecule has 0 spiro atoms. The van der Waals surface area contributed by atoms with Crippen LogP contribution < -0.4 is 10.2 Å². The van der Waals surface area contributed by atoms with Crippen LogP contribution in [0.15, 0.2) is 65.8 Å². The van der Waals surface area contributed by atoms with E-state index in [2.05, 4.69) is 10.5 Å². The van der Waals surface area contributed by atoms with Crippen molar-refractivity contribution in [3.05, 3.63) is 97.5 Å². The number of hydrogen-bond donors (Lipinski definition) is 1. The molecule has 1 N–H and O–H groups in total. The average Bonchev–Trinajstić information content (AvgIpc) is 2.73. The van der Waals surface area contributed by atoms with E-state index < -0.39 is 22.4 Å². The van der Waals surface area contributed by atoms with Gasteiger partial charge in [0.2, 0.25) is 0 Å². The average molecular weight is 484 g/mol. The van der Waals surface area contributed by atoms with Crippen LogP contribution in [-0.4, -0.2) is 11.1 Å². The first-order valence-corrected chi connectivity index (χ1v) is 9.71. The van der Waals surface area contributed by atoms with Crippen molar-refractivity contribution < 1.29 is 22.8 Å². The molecule has 0 saturated carbocycles. The summed E-state index contributed by atoms with van der Waals surface area (Å²) in [6, 6.07) is 14.5. The van der Waals surface area contributed by atoms with Crippen LogP contribution in [0.25, 0.3) is 0 Å². The second-order valence-electron chi connectivity index (χ2n) is 6.44. The number of hydrogen-bond acceptors (Lipinski definition) is 5. The zero-order valence-corrected chi connectivity index (χ0v) is 17.6. The predicted octanol–water partition coefficient (Wildman–Crippen LogP) is 6.95. The van der Waals surface area contributed by atoms with Gasteiger partial charge in [-0.1, -0.05) is 53.5 Å². The van der Waals surface area contributed by atoms with Crippen LogP contribution in [0.1, 0.15) is 16.7 Å². The fraction of sp³-hybridized carbons (Fsp3) is 0.0952. The molecule has 0 aromatic heterocycles. The zero-order chi connectivity index (χ0) is 23.3. The van der Waals surface area contributed by atoms with Crippen molar-refractivity contribution in [1.29, 1.82) is 0 Å². The summed E-state index contributed by atoms with van der Waals surface area (Å²) in [6.45, 7) is 0.257. The highest BCUT2D eigenvalue weighted by molar-refractivity contribution is 6.37. The minimum Gasteiger partial charge on any atom is -0.486 e. The van der Waals surface area contributed by atoms with Crippen LogP contribution in [0.2, 0.25) is 10.0 Å². The Bertz CT molecular complexity index is 1130. The lowest BCUT2D eigenvalue weighted by Gasteiger charge is -2.11. The molecule has 0 atom stereocenters. The van der Waals surface area contributed by atoms with Gasteiger partial charge in [-0.2, -0.15) is 18.3 Å². The SMILES string of the molecule is O=[N+]([O-])c1cc(C(F)(F)F)ccc1N/N=C\c1cc(Cl)c(OCc2ccccc2)c(Cl)c1. The van der Waals surface area contributed by atoms with E-state index in [-0.39, 0.29) is 28.1 Å². The summed E-state index contributed by atoms with van der Waals surface area (Å²) in [6.07, 6.45) is -3.44. The molecular formula is C21H14Cl2F3N3O3. The van der Waals surface area contributed by atoms with Crippen molar-refractivity contribution in [2.75, 3.05) is 5.43 Å². The zero-order valence-electron chi connectivity index (χ0n) is 16.1. The number of rotatable bonds is 7. The minimum atomic E-state index is -4.70. The Hall–Kier alpha value is -3.30. The van der Waals surface area contributed by atoms with Crippen molar-refractivity contribution in [2.45, 2.75) is 12.8 Å². The van der Waals surface area contributed by atoms with Gasteiger partial charge in [0.25, 0.3) is 5.69 Å². The predicted molar refractivity (Wildman–Crippen MR) is 117 cm³/mol. The maximum Gasteiger partial charge on any atom is 0.416 e. The number of hydrazone groups is 1. The van der Waals surface area contributed by atoms with Gasteiger partial charge in [-0.15, -0.1) is 0 Å². The first kappa shape index (κ1) is 23.4. The third-order valence-corrected chi connectivity index (χ3v) is 4.73. The van der Waals surface area contributed by atoms with Gasteiger partial charge in [0.1, 0.15) is 12.3 Å². The lowest BCUT2D eigenvalue weighted by atomic mass is 10.1. The van der Waals surface area contributed by atoms with Crippen molar-refractivity contribution in [3.63, 3.8) is 0 Å². The summed E-state index contributed by atoms with van der Waals surface area (Å²) in [5.74, 6) is 0.278. The second kappa shape index (κ2) is 9.88. The Morgan fingerprint density at radius 1 is 1.06 bits per heavy atom. The van der Waals surface area contributed by atoms with E-state index in [9.17, 15) is 23.3 Å². The molecule has 0 heterocycles. The van der Waals surface area contributed by atoms with Crippen LogP contribution in [0.5, 0.6) is 5.75 Å². The number of ether oxygens (including phenoxy) is 1. The molecule has 6 nitrogen and oxygen atoms in total. The van der Waals surface area contributed by atoms with E-state index in [4.69, 9.17) is 27.9 Å². The number of halogens is 5. The van der Waals surface area contributed by atoms with Crippen LogP contribution in [0, 0.1) is 10.1 Å². The lowest BCUT2D eigenvalue weighted by molar-refractivity contribution is -0.384. The van der Waals surface area contributed by atoms with Gasteiger partial charge >= 0.3 is 6.18 Å². The van der Waals surface area contributed by atoms with Crippen LogP contribution in [-0.2, 0) is 12.8 Å². The molecule has 0 saturated heterocycles. The fourth-order valence-electron chi connectivity index (χ4n) is 2.65. The van der Waals surface area contributed by atoms with Gasteiger partial charge in [-0.05, 0) is 35.4 Å². The summed E-state index contributed by atoms with van der Waals surface area (Å²) < 4.78 is 44.0. The highest BCUT2D eigenvalue weighted by Gasteiger charge is 2.33. The highest BCUT2D eigenvalue weighted by Crippen LogP contribution is 2.36. The summed E-state index contributed by atoms with van der Waals surface area (Å²) in [4.78, 5) is 10.2. The van der Waals surface area contributed by atoms with Gasteiger partial charge in [0.15, 0.2) is 5.75 Å². The smallest absolute Gasteiger partial charge is 0.416 e. The molecule has 0 amide bonds. The summed E-state index contributed by atoms with van der Waals surface area (Å²) >= 11 is 12.5. The molecule has 0 aliphatic rings. The number of nitrogens with one attached hydrogen (secondary N) is 1. The number of nitro groups is 1. The van der Waals surface area contributed by atoms with E-state index in [0.717, 1.165) is 17.7 Å². The topological polar surface area (TPSA) is 76.8 Å². The highest BCUT2D eigenvalue weighted by atomic mass is 35.5. The summed E-state index contributed by atoms with van der Waals surface area (Å²) in [5.41, 5.74) is 1.62. The standard InChI is InChI=1S/C21H14Cl2F3N3O3/c22-16-8-14(9-17(23)20(16)32-12-13-4-2-1-3-5-13)11-27-28-18-7-6-15(21(24,25)26)10-19(18)29(30)31/h1-11,28H,12H2/b27-11-. The summed E-state index contributed by atoms with van der Waals surface area (Å²) in [5, 5.41) is 15.4. The van der Waals surface area contributed by atoms with Crippen LogP contribution in [0.4, 0.5) is 24.5 Å². The van der Waals surface area contributed by atoms with Crippen LogP contribution in [0.3, 0.4) is 0 Å². The lowest BCUT2D eigenvalue weighted by Crippen LogP contribution is -2.06. The Labute approximate surface area is 190 Å². The number of alkyl halides is 3. The molecule has 32 heavy (non-hydrogen) atoms. The number of benzene rings is 3. The Kier molecular flexibility index (Phi) is 7.22. The number of nitrogens with zero attached hydrogens (tertiary/aromatic N) is 2. The molecule has 0 bridgehead atoms. The minimum absolute atomic E-state index is 0.209. The molecular weight excluding hydrogens is 470 g/mol. The van der Waals surface area contributed by atoms with E-state index in [1.807, 2.05) is 30.3 Å². The maximum atomic E-state index is 12.8. The largest absolute Gasteiger partial charge is 0.486 e. The van der Waals surface area contributed by atoms with E-state index >= 15 is 0 Å². The first-order valence-electron chi connectivity index (χ1n) is 8.95. The van der Waals surface area contributed by atoms with Crippen molar-refractivity contribution in [3.8, 4) is 5.75 Å². The molecule has 3 aromatic rings. The number of nitro benzene ring substituents is 1. The van der Waals surface area contributed by atoms with Gasteiger partial charge in [-0.3, -0.25) is 15.5 Å². The molecule has 3 rings (SSSR count). The molecule has 0 unspecified atom stereocenters. The Balaban J connectivity index is 1.74. The molecule has 0 aliphatic heterocycles. The van der Waals surface area contributed by atoms with Gasteiger partial charge in [0, 0.05) is 6.07 Å². The third kappa shape index (κ3) is 5.89. The molecule has 11 heteroatoms. The summed E-state index contributed by atoms with van der Waals surface area (Å²) in [7, 11) is 0. The maximum absolute atomic E-state index is 12.8. The Morgan fingerprint density at radius 3 is 2.31 bits per heavy atom. The molecule has 0 fully saturated rings. The van der Waals surface area contributed by atoms with Gasteiger partial charge < -0.3 is 4.74 Å². The Morgan fingerprint density at radius 2 is 1.72 bits per heavy atom. The second-order valence-corrected chi connectivity index (χ2v) is 7.26. The molecule has 0 aliphatic carbocycles. The molecule has 0 radical (unpaired) electrons. The molecule has 3 aromatic carbocycles. The monoisotopic (exact) mass is 483 g/mol. The van der Waals surface area contributed by atoms with E-state index in [0.29, 0.717) is 11.6 Å². The van der Waals surface area contributed by atoms with Crippen molar-refractivity contribution in [2.24, 2.45) is 5.10 Å². The quantitative estimate of drug-likeness (QED) is 0.224. The van der Waals surface area contributed by atoms with Crippen molar-refractivity contribution in [1.82, 2.24) is 0 Å². The van der Waals surface area contributed by atoms with Crippen molar-refractivity contribution >= 4 is 40.8 Å². The number of anilines is 1. The third-order valence-electron chi connectivity index (χ3n) is 4.17. The van der Waals surface area contributed by atoms with Crippen LogP contribution >= 0.6 is 23.2 Å². The normalized spacial score (nSPS) is 11.5. The van der Waals surface area contributed by atoms with E-state index in [1.54, 1.807) is 0 Å². The van der Waals surface area contributed by atoms with E-state index in [1.165, 1.54) is 18.3 Å².